The molecule has 2 rings (SSSR count). The van der Waals surface area contributed by atoms with Crippen LogP contribution in [0.2, 0.25) is 5.02 Å². The number of nitrogens with two attached hydrogens (primary N) is 1. The van der Waals surface area contributed by atoms with Crippen molar-refractivity contribution in [2.45, 2.75) is 32.1 Å². The van der Waals surface area contributed by atoms with E-state index >= 15 is 0 Å². The highest BCUT2D eigenvalue weighted by atomic mass is 35.5. The average molecular weight is 254 g/mol. The zero-order valence-corrected chi connectivity index (χ0v) is 10.9. The van der Waals surface area contributed by atoms with Crippen LogP contribution in [0.4, 0.5) is 0 Å². The SMILES string of the molecule is NCCCc1cc(Cl)ccc1OCC1CCC1. The molecule has 1 aliphatic carbocycles. The molecule has 0 saturated heterocycles. The Hall–Kier alpha value is -0.730. The van der Waals surface area contributed by atoms with Gasteiger partial charge in [-0.15, -0.1) is 0 Å². The molecule has 0 amide bonds. The molecule has 1 aromatic carbocycles. The Morgan fingerprint density at radius 1 is 1.35 bits per heavy atom. The van der Waals surface area contributed by atoms with E-state index in [0.29, 0.717) is 6.54 Å². The number of hydrogen-bond acceptors (Lipinski definition) is 2. The van der Waals surface area contributed by atoms with E-state index in [9.17, 15) is 0 Å². The number of hydrogen-bond donors (Lipinski definition) is 1. The second-order valence-electron chi connectivity index (χ2n) is 4.75. The molecule has 0 atom stereocenters. The van der Waals surface area contributed by atoms with E-state index in [1.54, 1.807) is 0 Å². The molecule has 1 fully saturated rings. The number of benzene rings is 1. The average Bonchev–Trinajstić information content (AvgIpc) is 2.26. The smallest absolute Gasteiger partial charge is 0.122 e. The van der Waals surface area contributed by atoms with E-state index in [1.807, 2.05) is 18.2 Å². The monoisotopic (exact) mass is 253 g/mol. The third-order valence-electron chi connectivity index (χ3n) is 3.37. The summed E-state index contributed by atoms with van der Waals surface area (Å²) in [5.41, 5.74) is 6.73. The van der Waals surface area contributed by atoms with Crippen molar-refractivity contribution in [1.82, 2.24) is 0 Å². The van der Waals surface area contributed by atoms with E-state index in [-0.39, 0.29) is 0 Å². The Labute approximate surface area is 108 Å². The Morgan fingerprint density at radius 2 is 2.18 bits per heavy atom. The highest BCUT2D eigenvalue weighted by Crippen LogP contribution is 2.29. The standard InChI is InChI=1S/C14H20ClNO/c15-13-6-7-14(12(9-13)5-2-8-16)17-10-11-3-1-4-11/h6-7,9,11H,1-5,8,10,16H2. The van der Waals surface area contributed by atoms with Gasteiger partial charge in [0, 0.05) is 5.02 Å². The van der Waals surface area contributed by atoms with Gasteiger partial charge < -0.3 is 10.5 Å². The number of ether oxygens (including phenoxy) is 1. The minimum Gasteiger partial charge on any atom is -0.493 e. The van der Waals surface area contributed by atoms with E-state index < -0.39 is 0 Å². The van der Waals surface area contributed by atoms with Crippen LogP contribution in [0.15, 0.2) is 18.2 Å². The Bertz CT molecular complexity index is 363. The summed E-state index contributed by atoms with van der Waals surface area (Å²) >= 11 is 6.01. The first-order valence-electron chi connectivity index (χ1n) is 6.41. The maximum Gasteiger partial charge on any atom is 0.122 e. The minimum absolute atomic E-state index is 0.703. The van der Waals surface area contributed by atoms with Gasteiger partial charge in [0.15, 0.2) is 0 Å². The maximum absolute atomic E-state index is 6.01. The van der Waals surface area contributed by atoms with Gasteiger partial charge in [0.05, 0.1) is 6.61 Å². The molecule has 17 heavy (non-hydrogen) atoms. The Kier molecular flexibility index (Phi) is 4.69. The lowest BCUT2D eigenvalue weighted by Crippen LogP contribution is -2.19. The summed E-state index contributed by atoms with van der Waals surface area (Å²) in [5, 5.41) is 0.771. The topological polar surface area (TPSA) is 35.2 Å². The van der Waals surface area contributed by atoms with Crippen molar-refractivity contribution in [1.29, 1.82) is 0 Å². The molecule has 94 valence electrons. The number of aryl methyl sites for hydroxylation is 1. The Morgan fingerprint density at radius 3 is 2.82 bits per heavy atom. The van der Waals surface area contributed by atoms with Crippen LogP contribution < -0.4 is 10.5 Å². The van der Waals surface area contributed by atoms with Gasteiger partial charge in [0.25, 0.3) is 0 Å². The van der Waals surface area contributed by atoms with Crippen molar-refractivity contribution in [2.24, 2.45) is 11.7 Å². The van der Waals surface area contributed by atoms with Crippen LogP contribution in [0.25, 0.3) is 0 Å². The molecule has 0 bridgehead atoms. The second-order valence-corrected chi connectivity index (χ2v) is 5.19. The van der Waals surface area contributed by atoms with Crippen molar-refractivity contribution < 1.29 is 4.74 Å². The van der Waals surface area contributed by atoms with E-state index in [0.717, 1.165) is 36.1 Å². The van der Waals surface area contributed by atoms with Crippen LogP contribution in [0.3, 0.4) is 0 Å². The summed E-state index contributed by atoms with van der Waals surface area (Å²) in [7, 11) is 0. The molecule has 1 aromatic rings. The molecule has 0 aliphatic heterocycles. The fraction of sp³-hybridized carbons (Fsp3) is 0.571. The molecule has 0 spiro atoms. The predicted molar refractivity (Wildman–Crippen MR) is 71.7 cm³/mol. The van der Waals surface area contributed by atoms with Crippen molar-refractivity contribution in [3.8, 4) is 5.75 Å². The summed E-state index contributed by atoms with van der Waals surface area (Å²) in [6.07, 6.45) is 5.89. The van der Waals surface area contributed by atoms with Crippen molar-refractivity contribution >= 4 is 11.6 Å². The molecule has 0 unspecified atom stereocenters. The normalized spacial score (nSPS) is 15.6. The summed E-state index contributed by atoms with van der Waals surface area (Å²) in [4.78, 5) is 0. The fourth-order valence-corrected chi connectivity index (χ4v) is 2.24. The van der Waals surface area contributed by atoms with Crippen LogP contribution in [0.5, 0.6) is 5.75 Å². The molecule has 2 N–H and O–H groups in total. The molecule has 0 radical (unpaired) electrons. The van der Waals surface area contributed by atoms with Crippen molar-refractivity contribution in [3.63, 3.8) is 0 Å². The molecule has 2 nitrogen and oxygen atoms in total. The quantitative estimate of drug-likeness (QED) is 0.843. The van der Waals surface area contributed by atoms with Gasteiger partial charge in [-0.3, -0.25) is 0 Å². The predicted octanol–water partition coefficient (Wildman–Crippen LogP) is 3.41. The zero-order chi connectivity index (χ0) is 12.1. The highest BCUT2D eigenvalue weighted by molar-refractivity contribution is 6.30. The van der Waals surface area contributed by atoms with Gasteiger partial charge in [-0.2, -0.15) is 0 Å². The first kappa shape index (κ1) is 12.7. The van der Waals surface area contributed by atoms with Crippen LogP contribution in [-0.4, -0.2) is 13.2 Å². The zero-order valence-electron chi connectivity index (χ0n) is 10.1. The lowest BCUT2D eigenvalue weighted by Gasteiger charge is -2.25. The Balaban J connectivity index is 1.97. The third kappa shape index (κ3) is 3.62. The van der Waals surface area contributed by atoms with Crippen molar-refractivity contribution in [2.75, 3.05) is 13.2 Å². The summed E-state index contributed by atoms with van der Waals surface area (Å²) in [6, 6.07) is 5.86. The van der Waals surface area contributed by atoms with Gasteiger partial charge in [-0.05, 0) is 61.9 Å². The molecule has 0 heterocycles. The van der Waals surface area contributed by atoms with Gasteiger partial charge in [-0.1, -0.05) is 18.0 Å². The molecule has 0 aromatic heterocycles. The number of halogens is 1. The lowest BCUT2D eigenvalue weighted by atomic mass is 9.86. The molecule has 1 saturated carbocycles. The first-order chi connectivity index (χ1) is 8.29. The lowest BCUT2D eigenvalue weighted by molar-refractivity contribution is 0.179. The second kappa shape index (κ2) is 6.27. The molecule has 3 heteroatoms. The fourth-order valence-electron chi connectivity index (χ4n) is 2.04. The summed E-state index contributed by atoms with van der Waals surface area (Å²) in [6.45, 7) is 1.55. The van der Waals surface area contributed by atoms with Gasteiger partial charge in [-0.25, -0.2) is 0 Å². The van der Waals surface area contributed by atoms with E-state index in [2.05, 4.69) is 0 Å². The largest absolute Gasteiger partial charge is 0.493 e. The van der Waals surface area contributed by atoms with Gasteiger partial charge in [0.1, 0.15) is 5.75 Å². The van der Waals surface area contributed by atoms with Crippen LogP contribution in [0, 0.1) is 5.92 Å². The minimum atomic E-state index is 0.703. The maximum atomic E-state index is 6.01. The summed E-state index contributed by atoms with van der Waals surface area (Å²) in [5.74, 6) is 1.74. The van der Waals surface area contributed by atoms with Crippen LogP contribution in [-0.2, 0) is 6.42 Å². The van der Waals surface area contributed by atoms with Gasteiger partial charge in [0.2, 0.25) is 0 Å². The highest BCUT2D eigenvalue weighted by Gasteiger charge is 2.18. The van der Waals surface area contributed by atoms with Crippen LogP contribution in [0.1, 0.15) is 31.2 Å². The van der Waals surface area contributed by atoms with Gasteiger partial charge >= 0.3 is 0 Å². The first-order valence-corrected chi connectivity index (χ1v) is 6.78. The van der Waals surface area contributed by atoms with E-state index in [4.69, 9.17) is 22.1 Å². The van der Waals surface area contributed by atoms with Crippen molar-refractivity contribution in [3.05, 3.63) is 28.8 Å². The molecule has 1 aliphatic rings. The summed E-state index contributed by atoms with van der Waals surface area (Å²) < 4.78 is 5.89. The third-order valence-corrected chi connectivity index (χ3v) is 3.61. The van der Waals surface area contributed by atoms with Crippen LogP contribution >= 0.6 is 11.6 Å². The van der Waals surface area contributed by atoms with E-state index in [1.165, 1.54) is 24.8 Å². The molecular weight excluding hydrogens is 234 g/mol. The molecular formula is C14H20ClNO. The number of rotatable bonds is 6.